The van der Waals surface area contributed by atoms with Crippen LogP contribution in [0.1, 0.15) is 31.2 Å². The molecular formula is C17H23BrO2S. The van der Waals surface area contributed by atoms with Gasteiger partial charge < -0.3 is 9.84 Å². The van der Waals surface area contributed by atoms with Gasteiger partial charge >= 0.3 is 0 Å². The van der Waals surface area contributed by atoms with Gasteiger partial charge in [-0.1, -0.05) is 28.1 Å². The minimum absolute atomic E-state index is 0.0643. The first-order chi connectivity index (χ1) is 10.2. The minimum Gasteiger partial charge on any atom is -0.392 e. The van der Waals surface area contributed by atoms with Crippen molar-refractivity contribution in [3.05, 3.63) is 34.3 Å². The third-order valence-electron chi connectivity index (χ3n) is 4.84. The third kappa shape index (κ3) is 4.04. The van der Waals surface area contributed by atoms with Crippen LogP contribution in [0, 0.1) is 5.92 Å². The number of hydrogen-bond acceptors (Lipinski definition) is 3. The quantitative estimate of drug-likeness (QED) is 0.870. The van der Waals surface area contributed by atoms with E-state index < -0.39 is 0 Å². The van der Waals surface area contributed by atoms with Crippen molar-refractivity contribution in [1.29, 1.82) is 0 Å². The van der Waals surface area contributed by atoms with Crippen LogP contribution in [0.15, 0.2) is 28.7 Å². The molecule has 116 valence electrons. The molecule has 3 rings (SSSR count). The molecule has 2 atom stereocenters. The summed E-state index contributed by atoms with van der Waals surface area (Å²) in [7, 11) is 0. The van der Waals surface area contributed by atoms with Gasteiger partial charge in [-0.3, -0.25) is 0 Å². The van der Waals surface area contributed by atoms with E-state index in [-0.39, 0.29) is 11.7 Å². The average Bonchev–Trinajstić information content (AvgIpc) is 2.50. The smallest absolute Gasteiger partial charge is 0.0701 e. The second-order valence-electron chi connectivity index (χ2n) is 6.29. The molecule has 21 heavy (non-hydrogen) atoms. The highest BCUT2D eigenvalue weighted by atomic mass is 79.9. The Labute approximate surface area is 139 Å². The molecule has 2 fully saturated rings. The molecule has 4 heteroatoms. The molecule has 0 amide bonds. The molecule has 0 radical (unpaired) electrons. The zero-order chi connectivity index (χ0) is 14.7. The van der Waals surface area contributed by atoms with Crippen molar-refractivity contribution in [3.63, 3.8) is 0 Å². The molecule has 2 saturated heterocycles. The molecule has 1 aromatic rings. The summed E-state index contributed by atoms with van der Waals surface area (Å²) in [5.74, 6) is 2.79. The molecule has 1 aromatic carbocycles. The van der Waals surface area contributed by atoms with Crippen molar-refractivity contribution < 1.29 is 9.84 Å². The molecule has 0 aliphatic carbocycles. The van der Waals surface area contributed by atoms with Crippen LogP contribution in [0.25, 0.3) is 0 Å². The summed E-state index contributed by atoms with van der Waals surface area (Å²) < 4.78 is 7.21. The van der Waals surface area contributed by atoms with E-state index in [1.165, 1.54) is 17.1 Å². The summed E-state index contributed by atoms with van der Waals surface area (Å²) >= 11 is 5.48. The predicted octanol–water partition coefficient (Wildman–Crippen LogP) is 4.04. The summed E-state index contributed by atoms with van der Waals surface area (Å²) in [6.07, 6.45) is 4.83. The van der Waals surface area contributed by atoms with Crippen molar-refractivity contribution in [3.8, 4) is 0 Å². The van der Waals surface area contributed by atoms with Crippen LogP contribution in [0.2, 0.25) is 0 Å². The highest BCUT2D eigenvalue weighted by Gasteiger charge is 2.40. The summed E-state index contributed by atoms with van der Waals surface area (Å²) in [4.78, 5) is 0. The van der Waals surface area contributed by atoms with Crippen LogP contribution in [0.5, 0.6) is 0 Å². The van der Waals surface area contributed by atoms with Gasteiger partial charge in [0, 0.05) is 11.1 Å². The van der Waals surface area contributed by atoms with E-state index in [0.29, 0.717) is 5.92 Å². The van der Waals surface area contributed by atoms with Gasteiger partial charge in [0.1, 0.15) is 0 Å². The number of hydrogen-bond donors (Lipinski definition) is 1. The van der Waals surface area contributed by atoms with Gasteiger partial charge in [-0.2, -0.15) is 11.8 Å². The average molecular weight is 371 g/mol. The fraction of sp³-hybridized carbons (Fsp3) is 0.647. The minimum atomic E-state index is -0.249. The van der Waals surface area contributed by atoms with Gasteiger partial charge in [0.2, 0.25) is 0 Å². The van der Waals surface area contributed by atoms with E-state index in [1.807, 2.05) is 23.9 Å². The molecule has 1 spiro atoms. The molecule has 2 heterocycles. The molecule has 0 aromatic heterocycles. The summed E-state index contributed by atoms with van der Waals surface area (Å²) in [6, 6.07) is 8.29. The number of thioether (sulfide) groups is 1. The van der Waals surface area contributed by atoms with Crippen LogP contribution in [-0.2, 0) is 11.2 Å². The fourth-order valence-corrected chi connectivity index (χ4v) is 5.02. The highest BCUT2D eigenvalue weighted by molar-refractivity contribution is 9.10. The van der Waals surface area contributed by atoms with Crippen LogP contribution in [0.4, 0.5) is 0 Å². The number of ether oxygens (including phenoxy) is 1. The molecule has 2 unspecified atom stereocenters. The van der Waals surface area contributed by atoms with Gasteiger partial charge in [0.15, 0.2) is 0 Å². The molecule has 0 bridgehead atoms. The molecule has 2 nitrogen and oxygen atoms in total. The maximum absolute atomic E-state index is 10.6. The van der Waals surface area contributed by atoms with Crippen LogP contribution >= 0.6 is 27.7 Å². The highest BCUT2D eigenvalue weighted by Crippen LogP contribution is 2.41. The second-order valence-corrected chi connectivity index (χ2v) is 8.44. The summed E-state index contributed by atoms with van der Waals surface area (Å²) in [5, 5.41) is 10.6. The Hall–Kier alpha value is -0.0300. The van der Waals surface area contributed by atoms with Crippen molar-refractivity contribution in [2.75, 3.05) is 18.1 Å². The zero-order valence-corrected chi connectivity index (χ0v) is 14.7. The van der Waals surface area contributed by atoms with Crippen LogP contribution < -0.4 is 0 Å². The lowest BCUT2D eigenvalue weighted by Crippen LogP contribution is -2.45. The second kappa shape index (κ2) is 7.03. The van der Waals surface area contributed by atoms with Crippen molar-refractivity contribution >= 4 is 27.7 Å². The Morgan fingerprint density at radius 3 is 2.71 bits per heavy atom. The van der Waals surface area contributed by atoms with Crippen LogP contribution in [0.3, 0.4) is 0 Å². The Morgan fingerprint density at radius 2 is 2.00 bits per heavy atom. The lowest BCUT2D eigenvalue weighted by atomic mass is 9.78. The normalized spacial score (nSPS) is 26.7. The lowest BCUT2D eigenvalue weighted by Gasteiger charge is -2.44. The van der Waals surface area contributed by atoms with Gasteiger partial charge in [-0.05, 0) is 67.2 Å². The van der Waals surface area contributed by atoms with E-state index in [1.54, 1.807) is 0 Å². The number of aliphatic hydroxyl groups is 1. The number of aliphatic hydroxyl groups excluding tert-OH is 1. The maximum atomic E-state index is 10.6. The van der Waals surface area contributed by atoms with E-state index in [2.05, 4.69) is 28.1 Å². The molecule has 1 N–H and O–H groups in total. The van der Waals surface area contributed by atoms with Gasteiger partial charge in [-0.15, -0.1) is 0 Å². The largest absolute Gasteiger partial charge is 0.392 e. The first-order valence-electron chi connectivity index (χ1n) is 7.81. The topological polar surface area (TPSA) is 29.5 Å². The molecule has 2 aliphatic heterocycles. The van der Waals surface area contributed by atoms with Gasteiger partial charge in [0.05, 0.1) is 11.7 Å². The maximum Gasteiger partial charge on any atom is 0.0701 e. The van der Waals surface area contributed by atoms with E-state index in [4.69, 9.17) is 4.74 Å². The van der Waals surface area contributed by atoms with Gasteiger partial charge in [0.25, 0.3) is 0 Å². The summed E-state index contributed by atoms with van der Waals surface area (Å²) in [5.41, 5.74) is 1.28. The third-order valence-corrected chi connectivity index (χ3v) is 6.35. The van der Waals surface area contributed by atoms with E-state index in [0.717, 1.165) is 43.2 Å². The Balaban J connectivity index is 1.61. The Morgan fingerprint density at radius 1 is 1.29 bits per heavy atom. The predicted molar refractivity (Wildman–Crippen MR) is 91.8 cm³/mol. The molecule has 2 aliphatic rings. The standard InChI is InChI=1S/C17H23BrO2S/c18-15-3-1-13(2-4-15)11-16(19)14-5-8-20-17(12-14)6-9-21-10-7-17/h1-4,14,16,19H,5-12H2. The SMILES string of the molecule is OC(Cc1ccc(Br)cc1)C1CCOC2(CCSCC2)C1. The number of benzene rings is 1. The monoisotopic (exact) mass is 370 g/mol. The first-order valence-corrected chi connectivity index (χ1v) is 9.76. The molecular weight excluding hydrogens is 348 g/mol. The number of rotatable bonds is 3. The van der Waals surface area contributed by atoms with E-state index >= 15 is 0 Å². The Bertz CT molecular complexity index is 451. The van der Waals surface area contributed by atoms with Crippen molar-refractivity contribution in [2.45, 2.75) is 43.8 Å². The number of halogens is 1. The van der Waals surface area contributed by atoms with Gasteiger partial charge in [-0.25, -0.2) is 0 Å². The van der Waals surface area contributed by atoms with Crippen molar-refractivity contribution in [1.82, 2.24) is 0 Å². The molecule has 0 saturated carbocycles. The first kappa shape index (κ1) is 15.9. The summed E-state index contributed by atoms with van der Waals surface area (Å²) in [6.45, 7) is 0.812. The van der Waals surface area contributed by atoms with Crippen molar-refractivity contribution in [2.24, 2.45) is 5.92 Å². The Kier molecular flexibility index (Phi) is 5.31. The lowest BCUT2D eigenvalue weighted by molar-refractivity contribution is -0.120. The van der Waals surface area contributed by atoms with Crippen LogP contribution in [-0.4, -0.2) is 34.9 Å². The van der Waals surface area contributed by atoms with E-state index in [9.17, 15) is 5.11 Å². The zero-order valence-electron chi connectivity index (χ0n) is 12.3. The fourth-order valence-electron chi connectivity index (χ4n) is 3.51.